The third-order valence-electron chi connectivity index (χ3n) is 1.32. The van der Waals surface area contributed by atoms with E-state index in [9.17, 15) is 9.90 Å². The van der Waals surface area contributed by atoms with E-state index in [4.69, 9.17) is 4.74 Å². The Balaban J connectivity index is 3.64. The van der Waals surface area contributed by atoms with Crippen molar-refractivity contribution in [2.75, 3.05) is 20.1 Å². The molecule has 0 aromatic rings. The van der Waals surface area contributed by atoms with Crippen LogP contribution in [-0.4, -0.2) is 43.0 Å². The number of aliphatic hydroxyl groups is 1. The van der Waals surface area contributed by atoms with Crippen molar-refractivity contribution in [3.8, 4) is 0 Å². The molecule has 0 aromatic carbocycles. The second-order valence-electron chi connectivity index (χ2n) is 4.09. The van der Waals surface area contributed by atoms with Gasteiger partial charge in [0, 0.05) is 13.1 Å². The zero-order valence-electron chi connectivity index (χ0n) is 9.26. The molecule has 5 nitrogen and oxygen atoms in total. The summed E-state index contributed by atoms with van der Waals surface area (Å²) in [6, 6.07) is 0. The van der Waals surface area contributed by atoms with Gasteiger partial charge in [-0.15, -0.1) is 0 Å². The molecule has 0 unspecified atom stereocenters. The Morgan fingerprint density at radius 3 is 2.43 bits per heavy atom. The number of nitrogens with one attached hydrogen (secondary N) is 2. The van der Waals surface area contributed by atoms with E-state index in [2.05, 4.69) is 10.6 Å². The number of ether oxygens (including phenoxy) is 1. The van der Waals surface area contributed by atoms with Gasteiger partial charge < -0.3 is 20.5 Å². The number of hydrogen-bond acceptors (Lipinski definition) is 4. The molecule has 0 aliphatic carbocycles. The van der Waals surface area contributed by atoms with E-state index in [0.717, 1.165) is 0 Å². The van der Waals surface area contributed by atoms with Crippen LogP contribution in [-0.2, 0) is 4.74 Å². The highest BCUT2D eigenvalue weighted by atomic mass is 16.6. The Morgan fingerprint density at radius 2 is 2.00 bits per heavy atom. The molecular weight excluding hydrogens is 184 g/mol. The summed E-state index contributed by atoms with van der Waals surface area (Å²) < 4.78 is 4.98. The van der Waals surface area contributed by atoms with Gasteiger partial charge in [-0.3, -0.25) is 0 Å². The Morgan fingerprint density at radius 1 is 1.43 bits per heavy atom. The van der Waals surface area contributed by atoms with Crippen molar-refractivity contribution in [1.82, 2.24) is 10.6 Å². The highest BCUT2D eigenvalue weighted by Gasteiger charge is 2.16. The number of rotatable bonds is 4. The SMILES string of the molecule is CNC[C@H](O)CNC(=O)OC(C)(C)C. The summed E-state index contributed by atoms with van der Waals surface area (Å²) in [5.41, 5.74) is -0.502. The predicted octanol–water partition coefficient (Wildman–Crippen LogP) is 0.0914. The average molecular weight is 204 g/mol. The highest BCUT2D eigenvalue weighted by molar-refractivity contribution is 5.67. The molecule has 0 aliphatic heterocycles. The van der Waals surface area contributed by atoms with Crippen LogP contribution in [0.2, 0.25) is 0 Å². The van der Waals surface area contributed by atoms with Crippen molar-refractivity contribution < 1.29 is 14.6 Å². The van der Waals surface area contributed by atoms with Crippen molar-refractivity contribution >= 4 is 6.09 Å². The molecule has 5 heteroatoms. The molecule has 84 valence electrons. The van der Waals surface area contributed by atoms with Gasteiger partial charge in [0.15, 0.2) is 0 Å². The van der Waals surface area contributed by atoms with Crippen LogP contribution in [0.1, 0.15) is 20.8 Å². The molecule has 1 amide bonds. The summed E-state index contributed by atoms with van der Waals surface area (Å²) in [7, 11) is 1.73. The predicted molar refractivity (Wildman–Crippen MR) is 54.2 cm³/mol. The third-order valence-corrected chi connectivity index (χ3v) is 1.32. The van der Waals surface area contributed by atoms with E-state index in [1.807, 2.05) is 0 Å². The summed E-state index contributed by atoms with van der Waals surface area (Å²) in [5.74, 6) is 0. The maximum atomic E-state index is 11.1. The number of amides is 1. The van der Waals surface area contributed by atoms with Gasteiger partial charge in [-0.2, -0.15) is 0 Å². The van der Waals surface area contributed by atoms with Crippen LogP contribution in [0.5, 0.6) is 0 Å². The van der Waals surface area contributed by atoms with Gasteiger partial charge in [-0.25, -0.2) is 4.79 Å². The van der Waals surface area contributed by atoms with Crippen LogP contribution in [0.15, 0.2) is 0 Å². The first-order valence-electron chi connectivity index (χ1n) is 4.64. The Kier molecular flexibility index (Phi) is 5.49. The number of likely N-dealkylation sites (N-methyl/N-ethyl adjacent to an activating group) is 1. The molecule has 0 bridgehead atoms. The van der Waals surface area contributed by atoms with Crippen molar-refractivity contribution in [1.29, 1.82) is 0 Å². The second-order valence-corrected chi connectivity index (χ2v) is 4.09. The van der Waals surface area contributed by atoms with E-state index in [-0.39, 0.29) is 6.54 Å². The first-order chi connectivity index (χ1) is 6.35. The van der Waals surface area contributed by atoms with E-state index >= 15 is 0 Å². The normalized spacial score (nSPS) is 13.5. The van der Waals surface area contributed by atoms with E-state index in [1.54, 1.807) is 27.8 Å². The van der Waals surface area contributed by atoms with Gasteiger partial charge in [-0.05, 0) is 27.8 Å². The van der Waals surface area contributed by atoms with Crippen LogP contribution in [0.3, 0.4) is 0 Å². The maximum absolute atomic E-state index is 11.1. The molecule has 0 aliphatic rings. The van der Waals surface area contributed by atoms with Gasteiger partial charge >= 0.3 is 6.09 Å². The molecule has 0 saturated carbocycles. The average Bonchev–Trinajstić information content (AvgIpc) is 1.98. The fraction of sp³-hybridized carbons (Fsp3) is 0.889. The van der Waals surface area contributed by atoms with Crippen molar-refractivity contribution in [2.24, 2.45) is 0 Å². The maximum Gasteiger partial charge on any atom is 0.407 e. The lowest BCUT2D eigenvalue weighted by atomic mass is 10.2. The minimum absolute atomic E-state index is 0.190. The zero-order chi connectivity index (χ0) is 11.2. The standard InChI is InChI=1S/C9H20N2O3/c1-9(2,3)14-8(13)11-6-7(12)5-10-4/h7,10,12H,5-6H2,1-4H3,(H,11,13)/t7-/m0/s1. The number of hydrogen-bond donors (Lipinski definition) is 3. The number of carbonyl (C=O) groups is 1. The molecule has 0 aromatic heterocycles. The topological polar surface area (TPSA) is 70.6 Å². The molecule has 0 radical (unpaired) electrons. The van der Waals surface area contributed by atoms with Crippen molar-refractivity contribution in [3.05, 3.63) is 0 Å². The molecule has 0 rings (SSSR count). The Labute approximate surface area is 84.8 Å². The molecular formula is C9H20N2O3. The summed E-state index contributed by atoms with van der Waals surface area (Å²) in [4.78, 5) is 11.1. The lowest BCUT2D eigenvalue weighted by Crippen LogP contribution is -2.39. The smallest absolute Gasteiger partial charge is 0.407 e. The first kappa shape index (κ1) is 13.2. The lowest BCUT2D eigenvalue weighted by molar-refractivity contribution is 0.0492. The van der Waals surface area contributed by atoms with E-state index in [0.29, 0.717) is 6.54 Å². The van der Waals surface area contributed by atoms with E-state index < -0.39 is 17.8 Å². The fourth-order valence-corrected chi connectivity index (χ4v) is 0.823. The third kappa shape index (κ3) is 7.82. The summed E-state index contributed by atoms with van der Waals surface area (Å²) in [6.45, 7) is 6.00. The summed E-state index contributed by atoms with van der Waals surface area (Å²) >= 11 is 0. The zero-order valence-corrected chi connectivity index (χ0v) is 9.26. The van der Waals surface area contributed by atoms with Gasteiger partial charge in [0.1, 0.15) is 5.60 Å². The Hall–Kier alpha value is -0.810. The molecule has 14 heavy (non-hydrogen) atoms. The molecule has 1 atom stereocenters. The molecule has 0 spiro atoms. The number of alkyl carbamates (subject to hydrolysis) is 1. The Bertz CT molecular complexity index is 177. The monoisotopic (exact) mass is 204 g/mol. The first-order valence-corrected chi connectivity index (χ1v) is 4.64. The number of carbonyl (C=O) groups excluding carboxylic acids is 1. The van der Waals surface area contributed by atoms with Crippen LogP contribution in [0, 0.1) is 0 Å². The van der Waals surface area contributed by atoms with Crippen molar-refractivity contribution in [2.45, 2.75) is 32.5 Å². The second kappa shape index (κ2) is 5.82. The quantitative estimate of drug-likeness (QED) is 0.607. The van der Waals surface area contributed by atoms with Gasteiger partial charge in [0.2, 0.25) is 0 Å². The minimum Gasteiger partial charge on any atom is -0.444 e. The lowest BCUT2D eigenvalue weighted by Gasteiger charge is -2.20. The van der Waals surface area contributed by atoms with Gasteiger partial charge in [0.05, 0.1) is 6.10 Å². The fourth-order valence-electron chi connectivity index (χ4n) is 0.823. The number of aliphatic hydroxyl groups excluding tert-OH is 1. The largest absolute Gasteiger partial charge is 0.444 e. The van der Waals surface area contributed by atoms with Crippen LogP contribution in [0.4, 0.5) is 4.79 Å². The summed E-state index contributed by atoms with van der Waals surface area (Å²) in [6.07, 6.45) is -1.10. The van der Waals surface area contributed by atoms with Gasteiger partial charge in [0.25, 0.3) is 0 Å². The molecule has 3 N–H and O–H groups in total. The van der Waals surface area contributed by atoms with Crippen molar-refractivity contribution in [3.63, 3.8) is 0 Å². The molecule has 0 saturated heterocycles. The van der Waals surface area contributed by atoms with Gasteiger partial charge in [-0.1, -0.05) is 0 Å². The minimum atomic E-state index is -0.590. The molecule has 0 heterocycles. The van der Waals surface area contributed by atoms with Crippen LogP contribution >= 0.6 is 0 Å². The highest BCUT2D eigenvalue weighted by Crippen LogP contribution is 2.06. The van der Waals surface area contributed by atoms with Crippen LogP contribution < -0.4 is 10.6 Å². The molecule has 0 fully saturated rings. The van der Waals surface area contributed by atoms with E-state index in [1.165, 1.54) is 0 Å². The summed E-state index contributed by atoms with van der Waals surface area (Å²) in [5, 5.41) is 14.5. The van der Waals surface area contributed by atoms with Crippen LogP contribution in [0.25, 0.3) is 0 Å².